The van der Waals surface area contributed by atoms with E-state index in [1.54, 1.807) is 24.3 Å². The highest BCUT2D eigenvalue weighted by atomic mass is 16.6. The van der Waals surface area contributed by atoms with E-state index in [1.165, 1.54) is 36.6 Å². The van der Waals surface area contributed by atoms with Gasteiger partial charge in [-0.3, -0.25) is 30.6 Å². The highest BCUT2D eigenvalue weighted by molar-refractivity contribution is 5.98. The van der Waals surface area contributed by atoms with Crippen molar-refractivity contribution < 1.29 is 24.0 Å². The van der Waals surface area contributed by atoms with Crippen molar-refractivity contribution in [3.05, 3.63) is 81.4 Å². The average Bonchev–Trinajstić information content (AvgIpc) is 2.86. The summed E-state index contributed by atoms with van der Waals surface area (Å²) in [6.45, 7) is 0.0650. The maximum atomic E-state index is 12.5. The van der Waals surface area contributed by atoms with Crippen molar-refractivity contribution in [2.75, 3.05) is 18.5 Å². The van der Waals surface area contributed by atoms with E-state index in [4.69, 9.17) is 4.74 Å². The molecule has 0 radical (unpaired) electrons. The van der Waals surface area contributed by atoms with Gasteiger partial charge in [-0.1, -0.05) is 29.8 Å². The number of ether oxygens (including phenoxy) is 1. The summed E-state index contributed by atoms with van der Waals surface area (Å²) in [6, 6.07) is 11.9. The van der Waals surface area contributed by atoms with Crippen LogP contribution in [0.1, 0.15) is 52.8 Å². The van der Waals surface area contributed by atoms with Crippen molar-refractivity contribution >= 4 is 29.2 Å². The highest BCUT2D eigenvalue weighted by Gasteiger charge is 2.16. The van der Waals surface area contributed by atoms with Crippen LogP contribution in [-0.4, -0.2) is 35.9 Å². The lowest BCUT2D eigenvalue weighted by Gasteiger charge is -2.15. The topological polar surface area (TPSA) is 140 Å². The first-order valence-electron chi connectivity index (χ1n) is 11.0. The Kier molecular flexibility index (Phi) is 8.73. The molecule has 0 aliphatic heterocycles. The van der Waals surface area contributed by atoms with E-state index in [0.29, 0.717) is 17.8 Å². The smallest absolute Gasteiger partial charge is 0.340 e. The van der Waals surface area contributed by atoms with E-state index in [1.807, 2.05) is 0 Å². The van der Waals surface area contributed by atoms with Gasteiger partial charge in [0.2, 0.25) is 0 Å². The molecule has 0 atom stereocenters. The third-order valence-corrected chi connectivity index (χ3v) is 5.26. The fourth-order valence-corrected chi connectivity index (χ4v) is 3.51. The van der Waals surface area contributed by atoms with Crippen molar-refractivity contribution in [3.8, 4) is 0 Å². The molecule has 10 heteroatoms. The lowest BCUT2D eigenvalue weighted by molar-refractivity contribution is -0.384. The first-order valence-corrected chi connectivity index (χ1v) is 11.0. The number of carbonyl (C=O) groups is 3. The number of non-ortho nitro benzene ring substituents is 1. The second-order valence-corrected chi connectivity index (χ2v) is 7.72. The number of para-hydroxylation sites is 1. The van der Waals surface area contributed by atoms with Gasteiger partial charge in [-0.05, 0) is 50.3 Å². The Morgan fingerprint density at radius 1 is 1.03 bits per heavy atom. The van der Waals surface area contributed by atoms with Crippen LogP contribution in [0.2, 0.25) is 0 Å². The molecule has 2 amide bonds. The lowest BCUT2D eigenvalue weighted by Crippen LogP contribution is -2.43. The molecule has 0 bridgehead atoms. The Hall–Kier alpha value is -4.21. The van der Waals surface area contributed by atoms with Crippen molar-refractivity contribution in [2.45, 2.75) is 32.1 Å². The molecule has 1 aliphatic rings. The molecule has 0 saturated carbocycles. The van der Waals surface area contributed by atoms with Gasteiger partial charge in [0, 0.05) is 29.9 Å². The van der Waals surface area contributed by atoms with Gasteiger partial charge >= 0.3 is 5.97 Å². The maximum absolute atomic E-state index is 12.5. The molecule has 10 nitrogen and oxygen atoms in total. The zero-order valence-electron chi connectivity index (χ0n) is 18.5. The van der Waals surface area contributed by atoms with Gasteiger partial charge in [0.05, 0.1) is 10.5 Å². The van der Waals surface area contributed by atoms with Crippen LogP contribution in [0.15, 0.2) is 60.2 Å². The number of hydrogen-bond donors (Lipinski definition) is 3. The molecular formula is C24H26N4O6. The van der Waals surface area contributed by atoms with Crippen molar-refractivity contribution in [1.82, 2.24) is 10.9 Å². The maximum Gasteiger partial charge on any atom is 0.340 e. The number of esters is 1. The average molecular weight is 466 g/mol. The van der Waals surface area contributed by atoms with E-state index >= 15 is 0 Å². The Morgan fingerprint density at radius 3 is 2.62 bits per heavy atom. The summed E-state index contributed by atoms with van der Waals surface area (Å²) in [5.41, 5.74) is 6.32. The summed E-state index contributed by atoms with van der Waals surface area (Å²) in [5, 5.41) is 14.1. The van der Waals surface area contributed by atoms with Crippen LogP contribution in [0, 0.1) is 10.1 Å². The summed E-state index contributed by atoms with van der Waals surface area (Å²) in [5.74, 6) is -2.19. The van der Waals surface area contributed by atoms with E-state index in [-0.39, 0.29) is 11.3 Å². The SMILES string of the molecule is O=C(COC(=O)c1ccccc1NCCC1=CCCCC1)NNC(=O)c1cccc([N+](=O)[O-])c1. The molecule has 2 aromatic carbocycles. The van der Waals surface area contributed by atoms with Crippen molar-refractivity contribution in [3.63, 3.8) is 0 Å². The molecule has 0 unspecified atom stereocenters. The molecule has 2 aromatic rings. The lowest BCUT2D eigenvalue weighted by atomic mass is 9.97. The fourth-order valence-electron chi connectivity index (χ4n) is 3.51. The number of rotatable bonds is 9. The molecule has 1 aliphatic carbocycles. The second kappa shape index (κ2) is 12.1. The number of amides is 2. The molecule has 34 heavy (non-hydrogen) atoms. The van der Waals surface area contributed by atoms with E-state index in [2.05, 4.69) is 22.2 Å². The van der Waals surface area contributed by atoms with Crippen LogP contribution >= 0.6 is 0 Å². The van der Waals surface area contributed by atoms with Gasteiger partial charge in [0.15, 0.2) is 6.61 Å². The normalized spacial score (nSPS) is 12.8. The fraction of sp³-hybridized carbons (Fsp3) is 0.292. The predicted octanol–water partition coefficient (Wildman–Crippen LogP) is 3.52. The quantitative estimate of drug-likeness (QED) is 0.222. The molecule has 0 saturated heterocycles. The van der Waals surface area contributed by atoms with Crippen LogP contribution in [0.4, 0.5) is 11.4 Å². The van der Waals surface area contributed by atoms with Gasteiger partial charge in [0.1, 0.15) is 0 Å². The number of nitrogens with one attached hydrogen (secondary N) is 3. The number of carbonyl (C=O) groups excluding carboxylic acids is 3. The Morgan fingerprint density at radius 2 is 1.85 bits per heavy atom. The van der Waals surface area contributed by atoms with Crippen LogP contribution in [0.25, 0.3) is 0 Å². The minimum atomic E-state index is -0.762. The standard InChI is InChI=1S/C24H26N4O6/c29-22(26-27-23(30)18-9-6-10-19(15-18)28(32)33)16-34-24(31)20-11-4-5-12-21(20)25-14-13-17-7-2-1-3-8-17/h4-7,9-12,15,25H,1-3,8,13-14,16H2,(H,26,29)(H,27,30). The minimum Gasteiger partial charge on any atom is -0.452 e. The summed E-state index contributed by atoms with van der Waals surface area (Å²) < 4.78 is 5.07. The Bertz CT molecular complexity index is 1100. The number of anilines is 1. The van der Waals surface area contributed by atoms with E-state index in [9.17, 15) is 24.5 Å². The number of nitrogens with zero attached hydrogens (tertiary/aromatic N) is 1. The second-order valence-electron chi connectivity index (χ2n) is 7.72. The predicted molar refractivity (Wildman–Crippen MR) is 125 cm³/mol. The zero-order chi connectivity index (χ0) is 24.3. The van der Waals surface area contributed by atoms with Gasteiger partial charge < -0.3 is 10.1 Å². The van der Waals surface area contributed by atoms with Crippen LogP contribution < -0.4 is 16.2 Å². The Balaban J connectivity index is 1.46. The molecule has 0 fully saturated rings. The molecule has 178 valence electrons. The number of hydrazine groups is 1. The van der Waals surface area contributed by atoms with Crippen molar-refractivity contribution in [1.29, 1.82) is 0 Å². The highest BCUT2D eigenvalue weighted by Crippen LogP contribution is 2.21. The van der Waals surface area contributed by atoms with Crippen LogP contribution in [0.3, 0.4) is 0 Å². The largest absolute Gasteiger partial charge is 0.452 e. The molecule has 0 heterocycles. The van der Waals surface area contributed by atoms with Gasteiger partial charge in [-0.15, -0.1) is 0 Å². The first kappa shape index (κ1) is 24.4. The minimum absolute atomic E-state index is 0.00418. The number of nitro groups is 1. The summed E-state index contributed by atoms with van der Waals surface area (Å²) in [7, 11) is 0. The molecular weight excluding hydrogens is 440 g/mol. The Labute approximate surface area is 196 Å². The van der Waals surface area contributed by atoms with E-state index < -0.39 is 29.3 Å². The first-order chi connectivity index (χ1) is 16.4. The third-order valence-electron chi connectivity index (χ3n) is 5.26. The van der Waals surface area contributed by atoms with Gasteiger partial charge in [-0.25, -0.2) is 4.79 Å². The number of benzene rings is 2. The zero-order valence-corrected chi connectivity index (χ0v) is 18.5. The molecule has 3 rings (SSSR count). The summed E-state index contributed by atoms with van der Waals surface area (Å²) >= 11 is 0. The molecule has 0 spiro atoms. The van der Waals surface area contributed by atoms with Gasteiger partial charge in [-0.2, -0.15) is 0 Å². The third kappa shape index (κ3) is 7.16. The summed E-state index contributed by atoms with van der Waals surface area (Å²) in [4.78, 5) is 46.7. The van der Waals surface area contributed by atoms with Crippen molar-refractivity contribution in [2.24, 2.45) is 0 Å². The van der Waals surface area contributed by atoms with Gasteiger partial charge in [0.25, 0.3) is 17.5 Å². The van der Waals surface area contributed by atoms with Crippen LogP contribution in [-0.2, 0) is 9.53 Å². The number of nitro benzene ring substituents is 1. The monoisotopic (exact) mass is 466 g/mol. The van der Waals surface area contributed by atoms with E-state index in [0.717, 1.165) is 25.3 Å². The molecule has 0 aromatic heterocycles. The number of allylic oxidation sites excluding steroid dienone is 1. The van der Waals surface area contributed by atoms with Crippen LogP contribution in [0.5, 0.6) is 0 Å². The molecule has 3 N–H and O–H groups in total. The summed E-state index contributed by atoms with van der Waals surface area (Å²) in [6.07, 6.45) is 7.85. The number of hydrogen-bond acceptors (Lipinski definition) is 7.